The molecule has 0 radical (unpaired) electrons. The van der Waals surface area contributed by atoms with Gasteiger partial charge in [-0.15, -0.1) is 0 Å². The Morgan fingerprint density at radius 2 is 1.93 bits per heavy atom. The fourth-order valence-corrected chi connectivity index (χ4v) is 6.13. The summed E-state index contributed by atoms with van der Waals surface area (Å²) < 4.78 is 0. The summed E-state index contributed by atoms with van der Waals surface area (Å²) in [6.45, 7) is 3.28. The van der Waals surface area contributed by atoms with Gasteiger partial charge in [-0.2, -0.15) is 0 Å². The third kappa shape index (κ3) is 3.16. The highest BCUT2D eigenvalue weighted by molar-refractivity contribution is 6.30. The molecule has 2 aliphatic heterocycles. The Kier molecular flexibility index (Phi) is 5.04. The van der Waals surface area contributed by atoms with E-state index in [0.29, 0.717) is 10.9 Å². The normalized spacial score (nSPS) is 29.0. The molecule has 0 aromatic heterocycles. The Bertz CT molecular complexity index is 777. The van der Waals surface area contributed by atoms with E-state index in [9.17, 15) is 9.59 Å². The predicted octanol–water partition coefficient (Wildman–Crippen LogP) is 3.04. The molecule has 0 bridgehead atoms. The maximum atomic E-state index is 12.8. The van der Waals surface area contributed by atoms with E-state index in [2.05, 4.69) is 22.6 Å². The Morgan fingerprint density at radius 3 is 2.61 bits per heavy atom. The van der Waals surface area contributed by atoms with Gasteiger partial charge in [0.25, 0.3) is 0 Å². The molecule has 0 unspecified atom stereocenters. The number of halogens is 1. The number of amides is 3. The molecular weight excluding hydrogens is 376 g/mol. The van der Waals surface area contributed by atoms with E-state index in [0.717, 1.165) is 57.5 Å². The number of hydrogen-bond acceptors (Lipinski definition) is 3. The van der Waals surface area contributed by atoms with E-state index in [1.807, 2.05) is 17.0 Å². The van der Waals surface area contributed by atoms with Crippen LogP contribution < -0.4 is 10.6 Å². The molecule has 28 heavy (non-hydrogen) atoms. The third-order valence-electron chi connectivity index (χ3n) is 7.32. The molecule has 1 aromatic carbocycles. The van der Waals surface area contributed by atoms with Gasteiger partial charge in [-0.25, -0.2) is 4.79 Å². The minimum absolute atomic E-state index is 0.0729. The molecule has 2 N–H and O–H groups in total. The zero-order chi connectivity index (χ0) is 19.9. The van der Waals surface area contributed by atoms with Crippen LogP contribution in [0.15, 0.2) is 24.3 Å². The second-order valence-corrected chi connectivity index (χ2v) is 9.21. The molecule has 1 aliphatic carbocycles. The molecule has 7 heteroatoms. The first kappa shape index (κ1) is 19.5. The molecule has 4 rings (SSSR count). The first-order valence-corrected chi connectivity index (χ1v) is 10.5. The molecule has 152 valence electrons. The topological polar surface area (TPSA) is 64.7 Å². The highest BCUT2D eigenvalue weighted by Crippen LogP contribution is 2.61. The van der Waals surface area contributed by atoms with Crippen molar-refractivity contribution in [1.29, 1.82) is 0 Å². The van der Waals surface area contributed by atoms with Gasteiger partial charge in [-0.1, -0.05) is 17.7 Å². The van der Waals surface area contributed by atoms with E-state index in [4.69, 9.17) is 11.6 Å². The zero-order valence-electron chi connectivity index (χ0n) is 16.6. The van der Waals surface area contributed by atoms with Crippen molar-refractivity contribution < 1.29 is 9.59 Å². The van der Waals surface area contributed by atoms with Gasteiger partial charge in [0.05, 0.1) is 5.41 Å². The van der Waals surface area contributed by atoms with Crippen molar-refractivity contribution in [2.75, 3.05) is 45.6 Å². The average molecular weight is 405 g/mol. The summed E-state index contributed by atoms with van der Waals surface area (Å²) in [7, 11) is 3.87. The van der Waals surface area contributed by atoms with Crippen LogP contribution in [0.2, 0.25) is 5.02 Å². The summed E-state index contributed by atoms with van der Waals surface area (Å²) >= 11 is 6.01. The Hall–Kier alpha value is -1.79. The van der Waals surface area contributed by atoms with E-state index in [1.165, 1.54) is 0 Å². The summed E-state index contributed by atoms with van der Waals surface area (Å²) in [6, 6.07) is 7.15. The second-order valence-electron chi connectivity index (χ2n) is 8.77. The van der Waals surface area contributed by atoms with Crippen LogP contribution in [0.3, 0.4) is 0 Å². The highest BCUT2D eigenvalue weighted by Gasteiger charge is 2.63. The van der Waals surface area contributed by atoms with Crippen LogP contribution in [0.1, 0.15) is 25.7 Å². The number of fused-ring (bicyclic) bond motifs is 2. The lowest BCUT2D eigenvalue weighted by Crippen LogP contribution is -2.50. The van der Waals surface area contributed by atoms with Gasteiger partial charge in [0, 0.05) is 43.9 Å². The zero-order valence-corrected chi connectivity index (χ0v) is 17.4. The molecule has 1 saturated carbocycles. The summed E-state index contributed by atoms with van der Waals surface area (Å²) in [6.07, 6.45) is 3.97. The van der Waals surface area contributed by atoms with Gasteiger partial charge in [-0.05, 0) is 62.3 Å². The standard InChI is InChI=1S/C21H29ClN4O2/c1-23-18(27)21-7-6-20(17(21)13-25(2)14-21)8-10-26(11-9-20)19(28)24-16-5-3-4-15(22)12-16/h3-5,12,17H,6-11,13-14H2,1-2H3,(H,23,27)(H,24,28)/t17-,21+/m0/s1. The van der Waals surface area contributed by atoms with Crippen LogP contribution in [0.5, 0.6) is 0 Å². The van der Waals surface area contributed by atoms with Gasteiger partial charge >= 0.3 is 6.03 Å². The molecule has 1 aromatic rings. The van der Waals surface area contributed by atoms with Gasteiger partial charge in [0.2, 0.25) is 5.91 Å². The summed E-state index contributed by atoms with van der Waals surface area (Å²) in [4.78, 5) is 29.6. The largest absolute Gasteiger partial charge is 0.359 e. The van der Waals surface area contributed by atoms with Crippen LogP contribution in [0.4, 0.5) is 10.5 Å². The number of benzene rings is 1. The summed E-state index contributed by atoms with van der Waals surface area (Å²) in [5, 5.41) is 6.48. The molecule has 3 amide bonds. The molecule has 2 saturated heterocycles. The SMILES string of the molecule is CNC(=O)[C@@]12CCC3(CCN(C(=O)Nc4cccc(Cl)c4)CC3)[C@@H]1CN(C)C2. The molecule has 3 fully saturated rings. The fraction of sp³-hybridized carbons (Fsp3) is 0.619. The molecule has 2 heterocycles. The lowest BCUT2D eigenvalue weighted by atomic mass is 9.65. The number of carbonyl (C=O) groups excluding carboxylic acids is 2. The van der Waals surface area contributed by atoms with Crippen LogP contribution >= 0.6 is 11.6 Å². The molecule has 3 aliphatic rings. The van der Waals surface area contributed by atoms with Gasteiger partial charge in [-0.3, -0.25) is 4.79 Å². The van der Waals surface area contributed by atoms with Crippen molar-refractivity contribution in [3.05, 3.63) is 29.3 Å². The Balaban J connectivity index is 1.43. The molecule has 2 atom stereocenters. The summed E-state index contributed by atoms with van der Waals surface area (Å²) in [5.74, 6) is 0.572. The van der Waals surface area contributed by atoms with Crippen LogP contribution in [-0.2, 0) is 4.79 Å². The van der Waals surface area contributed by atoms with E-state index in [-0.39, 0.29) is 22.8 Å². The number of urea groups is 1. The second kappa shape index (κ2) is 7.23. The monoisotopic (exact) mass is 404 g/mol. The van der Waals surface area contributed by atoms with Crippen LogP contribution in [0.25, 0.3) is 0 Å². The number of hydrogen-bond donors (Lipinski definition) is 2. The number of piperidine rings is 1. The molecule has 1 spiro atoms. The average Bonchev–Trinajstić information content (AvgIpc) is 3.17. The third-order valence-corrected chi connectivity index (χ3v) is 7.56. The highest BCUT2D eigenvalue weighted by atomic mass is 35.5. The lowest BCUT2D eigenvalue weighted by molar-refractivity contribution is -0.132. The van der Waals surface area contributed by atoms with E-state index >= 15 is 0 Å². The first-order chi connectivity index (χ1) is 13.4. The summed E-state index contributed by atoms with van der Waals surface area (Å²) in [5.41, 5.74) is 0.633. The van der Waals surface area contributed by atoms with E-state index in [1.54, 1.807) is 19.2 Å². The van der Waals surface area contributed by atoms with Crippen molar-refractivity contribution in [1.82, 2.24) is 15.1 Å². The predicted molar refractivity (Wildman–Crippen MR) is 110 cm³/mol. The first-order valence-electron chi connectivity index (χ1n) is 10.1. The molecule has 6 nitrogen and oxygen atoms in total. The van der Waals surface area contributed by atoms with Crippen LogP contribution in [-0.4, -0.2) is 62.0 Å². The fourth-order valence-electron chi connectivity index (χ4n) is 5.94. The minimum atomic E-state index is -0.255. The maximum Gasteiger partial charge on any atom is 0.321 e. The van der Waals surface area contributed by atoms with Crippen molar-refractivity contribution in [3.8, 4) is 0 Å². The number of rotatable bonds is 2. The van der Waals surface area contributed by atoms with Gasteiger partial charge in [0.1, 0.15) is 0 Å². The number of nitrogens with zero attached hydrogens (tertiary/aromatic N) is 2. The Labute approximate surface area is 171 Å². The van der Waals surface area contributed by atoms with Gasteiger partial charge in [0.15, 0.2) is 0 Å². The lowest BCUT2D eigenvalue weighted by Gasteiger charge is -2.44. The van der Waals surface area contributed by atoms with Gasteiger partial charge < -0.3 is 20.4 Å². The van der Waals surface area contributed by atoms with Crippen molar-refractivity contribution in [3.63, 3.8) is 0 Å². The maximum absolute atomic E-state index is 12.8. The Morgan fingerprint density at radius 1 is 1.18 bits per heavy atom. The van der Waals surface area contributed by atoms with E-state index < -0.39 is 0 Å². The quantitative estimate of drug-likeness (QED) is 0.796. The number of carbonyl (C=O) groups is 2. The number of likely N-dealkylation sites (tertiary alicyclic amines) is 2. The van der Waals surface area contributed by atoms with Crippen molar-refractivity contribution >= 4 is 29.2 Å². The van der Waals surface area contributed by atoms with Crippen molar-refractivity contribution in [2.45, 2.75) is 25.7 Å². The molecular formula is C21H29ClN4O2. The smallest absolute Gasteiger partial charge is 0.321 e. The number of anilines is 1. The van der Waals surface area contributed by atoms with Crippen LogP contribution in [0, 0.1) is 16.7 Å². The van der Waals surface area contributed by atoms with Crippen molar-refractivity contribution in [2.24, 2.45) is 16.7 Å². The number of nitrogens with one attached hydrogen (secondary N) is 2. The minimum Gasteiger partial charge on any atom is -0.359 e.